The van der Waals surface area contributed by atoms with Gasteiger partial charge in [0.1, 0.15) is 29.1 Å². The molecular weight excluding hydrogens is 1380 g/mol. The number of nitrogens with zero attached hydrogens (tertiary/aromatic N) is 11. The fourth-order valence-electron chi connectivity index (χ4n) is 17.4. The van der Waals surface area contributed by atoms with Crippen LogP contribution in [0.3, 0.4) is 0 Å². The van der Waals surface area contributed by atoms with Gasteiger partial charge in [0.15, 0.2) is 11.6 Å². The molecule has 0 N–H and O–H groups in total. The van der Waals surface area contributed by atoms with Crippen LogP contribution in [0.15, 0.2) is 179 Å². The molecule has 554 valence electrons. The number of likely N-dealkylation sites (N-methyl/N-ethyl adjacent to an activating group) is 1. The van der Waals surface area contributed by atoms with Crippen molar-refractivity contribution in [2.24, 2.45) is 15.0 Å². The van der Waals surface area contributed by atoms with Crippen LogP contribution in [0.5, 0.6) is 5.75 Å². The van der Waals surface area contributed by atoms with Crippen LogP contribution >= 0.6 is 0 Å². The highest BCUT2D eigenvalue weighted by Gasteiger charge is 2.34. The number of aromatic nitrogens is 5. The van der Waals surface area contributed by atoms with Crippen LogP contribution in [0.1, 0.15) is 107 Å². The number of pyridine rings is 2. The van der Waals surface area contributed by atoms with Crippen molar-refractivity contribution in [3.8, 4) is 56.2 Å². The van der Waals surface area contributed by atoms with E-state index in [0.717, 1.165) is 218 Å². The number of anilines is 2. The number of aliphatic imine (C=N–C) groups is 3. The normalized spacial score (nSPS) is 17.4. The number of halogens is 4. The molecule has 20 heteroatoms. The molecule has 0 atom stereocenters. The van der Waals surface area contributed by atoms with Crippen molar-refractivity contribution in [2.75, 3.05) is 116 Å². The van der Waals surface area contributed by atoms with Crippen molar-refractivity contribution in [3.63, 3.8) is 0 Å². The number of hydrogen-bond donors (Lipinski definition) is 0. The molecule has 0 saturated carbocycles. The summed E-state index contributed by atoms with van der Waals surface area (Å²) in [5.74, 6) is 1.99. The Morgan fingerprint density at radius 2 is 0.725 bits per heavy atom. The quantitative estimate of drug-likeness (QED) is 0.109. The first-order valence-corrected chi connectivity index (χ1v) is 38.2. The van der Waals surface area contributed by atoms with E-state index in [1.165, 1.54) is 69.7 Å². The first-order chi connectivity index (χ1) is 53.5. The van der Waals surface area contributed by atoms with Gasteiger partial charge < -0.3 is 52.1 Å². The van der Waals surface area contributed by atoms with Crippen molar-refractivity contribution in [1.82, 2.24) is 28.6 Å². The van der Waals surface area contributed by atoms with Gasteiger partial charge in [-0.05, 0) is 230 Å². The van der Waals surface area contributed by atoms with Crippen LogP contribution in [0.4, 0.5) is 29.2 Å². The molecule has 5 saturated heterocycles. The zero-order chi connectivity index (χ0) is 73.6. The van der Waals surface area contributed by atoms with E-state index in [1.807, 2.05) is 73.5 Å². The van der Waals surface area contributed by atoms with Crippen molar-refractivity contribution >= 4 is 63.0 Å². The van der Waals surface area contributed by atoms with Gasteiger partial charge in [-0.3, -0.25) is 15.0 Å². The van der Waals surface area contributed by atoms with E-state index < -0.39 is 5.82 Å². The lowest BCUT2D eigenvalue weighted by molar-refractivity contribution is 0.0843. The van der Waals surface area contributed by atoms with Crippen LogP contribution in [0, 0.1) is 23.3 Å². The molecule has 0 spiro atoms. The van der Waals surface area contributed by atoms with Crippen LogP contribution in [0.25, 0.3) is 83.2 Å². The maximum absolute atomic E-state index is 14.3. The smallest absolute Gasteiger partial charge is 0.165 e. The Balaban J connectivity index is 0.000000115. The molecule has 0 bridgehead atoms. The average molecular weight is 1460 g/mol. The molecule has 8 aliphatic rings. The molecular formula is C89H85F4N11O5. The lowest BCUT2D eigenvalue weighted by Crippen LogP contribution is -2.44. The van der Waals surface area contributed by atoms with Crippen LogP contribution in [0.2, 0.25) is 0 Å². The second-order valence-corrected chi connectivity index (χ2v) is 29.5. The number of hydrogen-bond acceptors (Lipinski definition) is 13. The predicted octanol–water partition coefficient (Wildman–Crippen LogP) is 17.3. The van der Waals surface area contributed by atoms with Gasteiger partial charge in [0.05, 0.1) is 56.5 Å². The highest BCUT2D eigenvalue weighted by Crippen LogP contribution is 2.49. The largest absolute Gasteiger partial charge is 0.494 e. The van der Waals surface area contributed by atoms with E-state index >= 15 is 0 Å². The zero-order valence-corrected chi connectivity index (χ0v) is 61.3. The highest BCUT2D eigenvalue weighted by atomic mass is 19.1. The highest BCUT2D eigenvalue weighted by molar-refractivity contribution is 6.06. The summed E-state index contributed by atoms with van der Waals surface area (Å²) in [5.41, 5.74) is 23.4. The SMILES string of the molecule is CN1CCN(c2ccc(-c3c(C4CCOCC4)n(-c4ccc(F)cc4)c4cc5c(cc34)CN=C5)cn2)CC1.COc1cc(-c2c(C3CCOCC3)n(-c3ccc(F)cc3)c3cc4c(cc23)CN=C4)ccc1F.Fc1ccc(-n2c(C3CCOCC3)c(-c3ccc(N4CCOCC4)nc3)c3cc4c(cc32)C=NC4)cc1. The Bertz CT molecular complexity index is 5450. The fraction of sp³-hybridized carbons (Fsp3) is 0.315. The van der Waals surface area contributed by atoms with Crippen molar-refractivity contribution in [3.05, 3.63) is 238 Å². The molecule has 5 aromatic heterocycles. The standard InChI is InChI=1S/C31H32FN5O.C30H29FN4O2.C28H24F2N2O2/c1-35-10-12-36(13-11-35)29-7-2-22(20-34-29)30-27-16-23-18-33-19-24(23)17-28(27)37(26-5-3-25(32)4-6-26)31(30)21-8-14-38-15-9-21;31-24-2-4-25(5-3-24)35-27-16-23-18-32-17-22(23)15-26(27)29(30(35)20-7-11-36-12-8-20)21-1-6-28(33-19-21)34-9-13-37-14-10-34;1-33-26-14-18(2-7-24(26)30)27-23-12-19-15-31-16-20(19)13-25(23)32(22-5-3-21(29)4-6-22)28(27)17-8-10-34-11-9-17/h2-7,16-17,19-21H,8-15,18H2,1H3;1-6,15-16,18-20H,7-14,17H2;2-7,12-14,16-17H,8-11,15H2,1H3. The van der Waals surface area contributed by atoms with Crippen molar-refractivity contribution in [2.45, 2.75) is 75.9 Å². The summed E-state index contributed by atoms with van der Waals surface area (Å²) in [6, 6.07) is 47.6. The number of rotatable bonds is 12. The molecule has 0 amide bonds. The predicted molar refractivity (Wildman–Crippen MR) is 423 cm³/mol. The van der Waals surface area contributed by atoms with E-state index in [1.54, 1.807) is 30.3 Å². The molecule has 13 heterocycles. The summed E-state index contributed by atoms with van der Waals surface area (Å²) in [6.07, 6.45) is 15.5. The first-order valence-electron chi connectivity index (χ1n) is 38.2. The molecule has 0 unspecified atom stereocenters. The minimum Gasteiger partial charge on any atom is -0.494 e. The Labute approximate surface area is 630 Å². The number of ether oxygens (including phenoxy) is 5. The second kappa shape index (κ2) is 30.4. The van der Waals surface area contributed by atoms with E-state index in [2.05, 4.69) is 111 Å². The molecule has 7 aromatic carbocycles. The lowest BCUT2D eigenvalue weighted by atomic mass is 9.89. The minimum atomic E-state index is -0.393. The number of piperazine rings is 1. The van der Waals surface area contributed by atoms with Gasteiger partial charge in [0.25, 0.3) is 0 Å². The van der Waals surface area contributed by atoms with Crippen LogP contribution in [-0.2, 0) is 38.6 Å². The van der Waals surface area contributed by atoms with Gasteiger partial charge in [0.2, 0.25) is 0 Å². The molecule has 8 aliphatic heterocycles. The third kappa shape index (κ3) is 13.7. The van der Waals surface area contributed by atoms with Gasteiger partial charge >= 0.3 is 0 Å². The summed E-state index contributed by atoms with van der Waals surface area (Å²) in [4.78, 5) is 30.4. The molecule has 12 aromatic rings. The maximum atomic E-state index is 14.3. The van der Waals surface area contributed by atoms with Gasteiger partial charge in [-0.15, -0.1) is 0 Å². The summed E-state index contributed by atoms with van der Waals surface area (Å²) in [6.45, 7) is 13.7. The molecule has 109 heavy (non-hydrogen) atoms. The van der Waals surface area contributed by atoms with Crippen molar-refractivity contribution < 1.29 is 41.2 Å². The van der Waals surface area contributed by atoms with E-state index in [9.17, 15) is 17.6 Å². The average Bonchev–Trinajstić information content (AvgIpc) is 1.59. The summed E-state index contributed by atoms with van der Waals surface area (Å²) < 4.78 is 91.1. The Hall–Kier alpha value is -10.6. The third-order valence-electron chi connectivity index (χ3n) is 23.0. The number of benzene rings is 7. The van der Waals surface area contributed by atoms with Crippen LogP contribution in [-0.4, -0.2) is 153 Å². The Morgan fingerprint density at radius 3 is 1.08 bits per heavy atom. The molecule has 20 rings (SSSR count). The topological polar surface area (TPSA) is 134 Å². The van der Waals surface area contributed by atoms with Gasteiger partial charge in [0, 0.05) is 206 Å². The third-order valence-corrected chi connectivity index (χ3v) is 23.0. The molecule has 5 fully saturated rings. The molecule has 16 nitrogen and oxygen atoms in total. The molecule has 0 aliphatic carbocycles. The van der Waals surface area contributed by atoms with E-state index in [0.29, 0.717) is 44.7 Å². The maximum Gasteiger partial charge on any atom is 0.165 e. The summed E-state index contributed by atoms with van der Waals surface area (Å²) in [5, 5.41) is 3.47. The fourth-order valence-corrected chi connectivity index (χ4v) is 17.4. The Morgan fingerprint density at radius 1 is 0.376 bits per heavy atom. The second-order valence-electron chi connectivity index (χ2n) is 29.5. The van der Waals surface area contributed by atoms with E-state index in [4.69, 9.17) is 33.7 Å². The lowest BCUT2D eigenvalue weighted by Gasteiger charge is -2.33. The Kier molecular flexibility index (Phi) is 19.6. The zero-order valence-electron chi connectivity index (χ0n) is 61.3. The minimum absolute atomic E-state index is 0.211. The summed E-state index contributed by atoms with van der Waals surface area (Å²) in [7, 11) is 3.65. The summed E-state index contributed by atoms with van der Waals surface area (Å²) >= 11 is 0. The number of fused-ring (bicyclic) bond motifs is 6. The molecule has 0 radical (unpaired) electrons. The van der Waals surface area contributed by atoms with Crippen LogP contribution < -0.4 is 14.5 Å². The van der Waals surface area contributed by atoms with E-state index in [-0.39, 0.29) is 29.1 Å². The van der Waals surface area contributed by atoms with Gasteiger partial charge in [-0.1, -0.05) is 6.07 Å². The van der Waals surface area contributed by atoms with Gasteiger partial charge in [-0.2, -0.15) is 0 Å². The first kappa shape index (κ1) is 70.1. The van der Waals surface area contributed by atoms with Gasteiger partial charge in [-0.25, -0.2) is 27.5 Å². The number of methoxy groups -OCH3 is 1. The van der Waals surface area contributed by atoms with Crippen molar-refractivity contribution in [1.29, 1.82) is 0 Å². The monoisotopic (exact) mass is 1460 g/mol. The number of morpholine rings is 1.